The Morgan fingerprint density at radius 3 is 2.64 bits per heavy atom. The molecule has 1 amide bonds. The van der Waals surface area contributed by atoms with Gasteiger partial charge in [0.25, 0.3) is 0 Å². The molecule has 1 aliphatic carbocycles. The van der Waals surface area contributed by atoms with E-state index in [9.17, 15) is 4.79 Å². The first-order chi connectivity index (χ1) is 13.7. The number of anilines is 1. The van der Waals surface area contributed by atoms with Crippen LogP contribution in [0.3, 0.4) is 0 Å². The first kappa shape index (κ1) is 17.2. The highest BCUT2D eigenvalue weighted by Crippen LogP contribution is 2.26. The van der Waals surface area contributed by atoms with Gasteiger partial charge in [-0.3, -0.25) is 4.79 Å². The predicted molar refractivity (Wildman–Crippen MR) is 107 cm³/mol. The highest BCUT2D eigenvalue weighted by molar-refractivity contribution is 5.79. The van der Waals surface area contributed by atoms with Crippen LogP contribution in [0.4, 0.5) is 5.82 Å². The number of hydrogen-bond acceptors (Lipinski definition) is 5. The molecule has 1 aromatic carbocycles. The van der Waals surface area contributed by atoms with Gasteiger partial charge in [-0.05, 0) is 50.8 Å². The second-order valence-electron chi connectivity index (χ2n) is 7.90. The summed E-state index contributed by atoms with van der Waals surface area (Å²) in [6, 6.07) is 12.6. The van der Waals surface area contributed by atoms with E-state index >= 15 is 0 Å². The predicted octanol–water partition coefficient (Wildman–Crippen LogP) is 2.59. The van der Waals surface area contributed by atoms with Gasteiger partial charge in [0.2, 0.25) is 5.91 Å². The fourth-order valence-electron chi connectivity index (χ4n) is 3.83. The maximum Gasteiger partial charge on any atom is 0.223 e. The molecule has 1 aliphatic heterocycles. The molecular weight excluding hydrogens is 352 g/mol. The smallest absolute Gasteiger partial charge is 0.223 e. The van der Waals surface area contributed by atoms with E-state index in [0.29, 0.717) is 6.04 Å². The number of amides is 1. The average molecular weight is 376 g/mol. The van der Waals surface area contributed by atoms with Crippen LogP contribution < -0.4 is 10.2 Å². The minimum Gasteiger partial charge on any atom is -0.355 e. The molecule has 2 aliphatic rings. The van der Waals surface area contributed by atoms with Crippen LogP contribution in [-0.4, -0.2) is 44.8 Å². The van der Waals surface area contributed by atoms with E-state index in [1.165, 1.54) is 5.56 Å². The Labute approximate surface area is 163 Å². The molecule has 0 radical (unpaired) electrons. The van der Waals surface area contributed by atoms with Crippen molar-refractivity contribution < 1.29 is 4.79 Å². The number of aromatic nitrogens is 4. The SMILES string of the molecule is Cc1cccc(-c2nnc3ccc(N4CCC(C(=O)NC5CC5)CC4)nn23)c1. The number of nitrogens with one attached hydrogen (secondary N) is 1. The zero-order valence-corrected chi connectivity index (χ0v) is 16.0. The largest absolute Gasteiger partial charge is 0.355 e. The van der Waals surface area contributed by atoms with Crippen molar-refractivity contribution in [1.82, 2.24) is 25.1 Å². The molecule has 0 atom stereocenters. The van der Waals surface area contributed by atoms with Crippen LogP contribution in [0.1, 0.15) is 31.2 Å². The van der Waals surface area contributed by atoms with Gasteiger partial charge in [0, 0.05) is 30.6 Å². The van der Waals surface area contributed by atoms with Crippen LogP contribution in [0.15, 0.2) is 36.4 Å². The fraction of sp³-hybridized carbons (Fsp3) is 0.429. The monoisotopic (exact) mass is 376 g/mol. The Morgan fingerprint density at radius 1 is 1.07 bits per heavy atom. The van der Waals surface area contributed by atoms with Crippen molar-refractivity contribution in [3.8, 4) is 11.4 Å². The minimum atomic E-state index is 0.123. The van der Waals surface area contributed by atoms with Crippen LogP contribution in [0.2, 0.25) is 0 Å². The minimum absolute atomic E-state index is 0.123. The Kier molecular flexibility index (Phi) is 4.22. The third-order valence-corrected chi connectivity index (χ3v) is 5.64. The summed E-state index contributed by atoms with van der Waals surface area (Å²) >= 11 is 0. The lowest BCUT2D eigenvalue weighted by Gasteiger charge is -2.32. The number of carbonyl (C=O) groups is 1. The number of fused-ring (bicyclic) bond motifs is 1. The third kappa shape index (κ3) is 3.32. The normalized spacial score (nSPS) is 17.8. The summed E-state index contributed by atoms with van der Waals surface area (Å²) in [5.41, 5.74) is 2.92. The van der Waals surface area contributed by atoms with Crippen molar-refractivity contribution in [2.75, 3.05) is 18.0 Å². The molecule has 1 saturated heterocycles. The Balaban J connectivity index is 1.35. The quantitative estimate of drug-likeness (QED) is 0.757. The molecule has 1 saturated carbocycles. The van der Waals surface area contributed by atoms with Crippen molar-refractivity contribution in [1.29, 1.82) is 0 Å². The molecule has 0 unspecified atom stereocenters. The summed E-state index contributed by atoms with van der Waals surface area (Å²) in [6.07, 6.45) is 4.00. The first-order valence-corrected chi connectivity index (χ1v) is 10.0. The molecule has 2 fully saturated rings. The second-order valence-corrected chi connectivity index (χ2v) is 7.90. The van der Waals surface area contributed by atoms with Gasteiger partial charge in [-0.15, -0.1) is 15.3 Å². The summed E-state index contributed by atoms with van der Waals surface area (Å²) in [4.78, 5) is 14.5. The Morgan fingerprint density at radius 2 is 1.89 bits per heavy atom. The molecule has 3 aromatic rings. The molecule has 0 bridgehead atoms. The maximum absolute atomic E-state index is 12.3. The molecule has 5 rings (SSSR count). The zero-order chi connectivity index (χ0) is 19.1. The van der Waals surface area contributed by atoms with Gasteiger partial charge in [0.05, 0.1) is 0 Å². The van der Waals surface area contributed by atoms with Crippen molar-refractivity contribution >= 4 is 17.4 Å². The van der Waals surface area contributed by atoms with Gasteiger partial charge in [0.15, 0.2) is 11.5 Å². The molecular formula is C21H24N6O. The van der Waals surface area contributed by atoms with E-state index in [1.807, 2.05) is 28.8 Å². The molecule has 28 heavy (non-hydrogen) atoms. The average Bonchev–Trinajstić information content (AvgIpc) is 3.43. The van der Waals surface area contributed by atoms with Crippen molar-refractivity contribution in [2.24, 2.45) is 5.92 Å². The van der Waals surface area contributed by atoms with Gasteiger partial charge < -0.3 is 10.2 Å². The topological polar surface area (TPSA) is 75.4 Å². The number of benzene rings is 1. The van der Waals surface area contributed by atoms with Crippen molar-refractivity contribution in [3.05, 3.63) is 42.0 Å². The van der Waals surface area contributed by atoms with Crippen molar-refractivity contribution in [2.45, 2.75) is 38.6 Å². The van der Waals surface area contributed by atoms with E-state index in [-0.39, 0.29) is 11.8 Å². The van der Waals surface area contributed by atoms with Gasteiger partial charge in [0.1, 0.15) is 5.82 Å². The summed E-state index contributed by atoms with van der Waals surface area (Å²) in [5.74, 6) is 2.01. The van der Waals surface area contributed by atoms with E-state index in [4.69, 9.17) is 5.10 Å². The third-order valence-electron chi connectivity index (χ3n) is 5.64. The van der Waals surface area contributed by atoms with Crippen molar-refractivity contribution in [3.63, 3.8) is 0 Å². The molecule has 144 valence electrons. The van der Waals surface area contributed by atoms with E-state index in [2.05, 4.69) is 39.5 Å². The van der Waals surface area contributed by atoms with Crippen LogP contribution >= 0.6 is 0 Å². The lowest BCUT2D eigenvalue weighted by molar-refractivity contribution is -0.125. The van der Waals surface area contributed by atoms with E-state index in [0.717, 1.165) is 61.6 Å². The second kappa shape index (κ2) is 6.89. The van der Waals surface area contributed by atoms with Crippen LogP contribution in [0.25, 0.3) is 17.0 Å². The van der Waals surface area contributed by atoms with Crippen LogP contribution in [0.5, 0.6) is 0 Å². The number of nitrogens with zero attached hydrogens (tertiary/aromatic N) is 5. The molecule has 1 N–H and O–H groups in total. The lowest BCUT2D eigenvalue weighted by atomic mass is 9.96. The van der Waals surface area contributed by atoms with Crippen LogP contribution in [0, 0.1) is 12.8 Å². The van der Waals surface area contributed by atoms with Gasteiger partial charge in [-0.2, -0.15) is 4.52 Å². The van der Waals surface area contributed by atoms with Gasteiger partial charge in [-0.25, -0.2) is 0 Å². The lowest BCUT2D eigenvalue weighted by Crippen LogP contribution is -2.41. The zero-order valence-electron chi connectivity index (χ0n) is 16.0. The highest BCUT2D eigenvalue weighted by atomic mass is 16.2. The number of carbonyl (C=O) groups excluding carboxylic acids is 1. The fourth-order valence-corrected chi connectivity index (χ4v) is 3.83. The van der Waals surface area contributed by atoms with Gasteiger partial charge in [-0.1, -0.05) is 23.8 Å². The van der Waals surface area contributed by atoms with Crippen LogP contribution in [-0.2, 0) is 4.79 Å². The number of rotatable bonds is 4. The summed E-state index contributed by atoms with van der Waals surface area (Å²) in [6.45, 7) is 3.74. The Bertz CT molecular complexity index is 1020. The summed E-state index contributed by atoms with van der Waals surface area (Å²) in [5, 5.41) is 16.5. The van der Waals surface area contributed by atoms with Gasteiger partial charge >= 0.3 is 0 Å². The molecule has 7 heteroatoms. The highest BCUT2D eigenvalue weighted by Gasteiger charge is 2.30. The molecule has 0 spiro atoms. The molecule has 2 aromatic heterocycles. The number of piperidine rings is 1. The maximum atomic E-state index is 12.3. The van der Waals surface area contributed by atoms with E-state index in [1.54, 1.807) is 0 Å². The number of hydrogen-bond donors (Lipinski definition) is 1. The first-order valence-electron chi connectivity index (χ1n) is 10.0. The standard InChI is InChI=1S/C21H24N6O/c1-14-3-2-4-16(13-14)20-24-23-18-7-8-19(25-27(18)20)26-11-9-15(10-12-26)21(28)22-17-5-6-17/h2-4,7-8,13,15,17H,5-6,9-12H2,1H3,(H,22,28). The molecule has 3 heterocycles. The summed E-state index contributed by atoms with van der Waals surface area (Å²) in [7, 11) is 0. The number of aryl methyl sites for hydroxylation is 1. The van der Waals surface area contributed by atoms with E-state index < -0.39 is 0 Å². The Hall–Kier alpha value is -2.96. The summed E-state index contributed by atoms with van der Waals surface area (Å²) < 4.78 is 1.82. The molecule has 7 nitrogen and oxygen atoms in total.